The molecule has 0 spiro atoms. The van der Waals surface area contributed by atoms with E-state index in [2.05, 4.69) is 20.3 Å². The molecule has 0 atom stereocenters. The van der Waals surface area contributed by atoms with Crippen molar-refractivity contribution in [3.05, 3.63) is 84.5 Å². The molecule has 0 saturated carbocycles. The molecule has 8 heteroatoms. The molecule has 0 aliphatic rings. The number of carbonyl (C=O) groups is 1. The van der Waals surface area contributed by atoms with Crippen molar-refractivity contribution >= 4 is 11.9 Å². The number of carbonyl (C=O) groups excluding carboxylic acids is 1. The molecule has 0 N–H and O–H groups in total. The Labute approximate surface area is 166 Å². The molecule has 5 rings (SSSR count). The van der Waals surface area contributed by atoms with Crippen LogP contribution in [-0.2, 0) is 6.54 Å². The summed E-state index contributed by atoms with van der Waals surface area (Å²) >= 11 is 0. The molecule has 142 valence electrons. The summed E-state index contributed by atoms with van der Waals surface area (Å²) in [4.78, 5) is 20.1. The molecule has 8 nitrogen and oxygen atoms in total. The Morgan fingerprint density at radius 2 is 1.93 bits per heavy atom. The third-order valence-corrected chi connectivity index (χ3v) is 4.80. The van der Waals surface area contributed by atoms with Gasteiger partial charge in [0.15, 0.2) is 6.29 Å². The molecule has 5 aromatic heterocycles. The van der Waals surface area contributed by atoms with E-state index in [1.807, 2.05) is 64.9 Å². The van der Waals surface area contributed by atoms with Crippen LogP contribution < -0.4 is 0 Å². The Balaban J connectivity index is 1.41. The zero-order chi connectivity index (χ0) is 19.8. The maximum atomic E-state index is 11.1. The summed E-state index contributed by atoms with van der Waals surface area (Å²) in [5.41, 5.74) is 5.79. The van der Waals surface area contributed by atoms with Gasteiger partial charge in [-0.2, -0.15) is 0 Å². The first kappa shape index (κ1) is 17.1. The summed E-state index contributed by atoms with van der Waals surface area (Å²) in [6.07, 6.45) is 13.9. The van der Waals surface area contributed by atoms with Gasteiger partial charge in [0.1, 0.15) is 11.3 Å². The lowest BCUT2D eigenvalue weighted by Crippen LogP contribution is -2.00. The minimum Gasteiger partial charge on any atom is -0.322 e. The first-order chi connectivity index (χ1) is 14.2. The van der Waals surface area contributed by atoms with Gasteiger partial charge in [-0.1, -0.05) is 5.21 Å². The summed E-state index contributed by atoms with van der Waals surface area (Å²) in [6.45, 7) is 2.38. The third kappa shape index (κ3) is 3.20. The maximum absolute atomic E-state index is 11.1. The molecule has 5 heterocycles. The standard InChI is InChI=1S/C21H17N7O/c1-15-6-21-23-18(11-27(21)10-17(15)14-29)12-28-13-20(24-25-28)16-7-19(9-22-8-16)26-4-2-3-5-26/h2-11,13-14H,12H2,1H3. The largest absolute Gasteiger partial charge is 0.322 e. The minimum atomic E-state index is 0.481. The number of aromatic nitrogens is 7. The minimum absolute atomic E-state index is 0.481. The van der Waals surface area contributed by atoms with Crippen LogP contribution in [0.15, 0.2) is 67.6 Å². The summed E-state index contributed by atoms with van der Waals surface area (Å²) in [5, 5.41) is 8.51. The summed E-state index contributed by atoms with van der Waals surface area (Å²) in [7, 11) is 0. The van der Waals surface area contributed by atoms with E-state index >= 15 is 0 Å². The van der Waals surface area contributed by atoms with Crippen LogP contribution in [-0.4, -0.2) is 40.2 Å². The van der Waals surface area contributed by atoms with Crippen LogP contribution in [0, 0.1) is 6.92 Å². The van der Waals surface area contributed by atoms with E-state index in [1.165, 1.54) is 0 Å². The highest BCUT2D eigenvalue weighted by Crippen LogP contribution is 2.19. The van der Waals surface area contributed by atoms with Gasteiger partial charge in [-0.15, -0.1) is 5.10 Å². The van der Waals surface area contributed by atoms with Crippen LogP contribution in [0.25, 0.3) is 22.6 Å². The highest BCUT2D eigenvalue weighted by atomic mass is 16.1. The quantitative estimate of drug-likeness (QED) is 0.436. The predicted octanol–water partition coefficient (Wildman–Crippen LogP) is 2.95. The normalized spacial score (nSPS) is 11.2. The lowest BCUT2D eigenvalue weighted by atomic mass is 10.2. The molecule has 0 aliphatic heterocycles. The highest BCUT2D eigenvalue weighted by molar-refractivity contribution is 5.77. The molecule has 0 aliphatic carbocycles. The number of rotatable bonds is 5. The zero-order valence-electron chi connectivity index (χ0n) is 15.7. The van der Waals surface area contributed by atoms with Gasteiger partial charge in [0.25, 0.3) is 0 Å². The van der Waals surface area contributed by atoms with Crippen LogP contribution in [0.4, 0.5) is 0 Å². The first-order valence-corrected chi connectivity index (χ1v) is 9.12. The Morgan fingerprint density at radius 3 is 2.76 bits per heavy atom. The molecule has 29 heavy (non-hydrogen) atoms. The highest BCUT2D eigenvalue weighted by Gasteiger charge is 2.09. The number of pyridine rings is 2. The molecule has 5 aromatic rings. The molecule has 0 saturated heterocycles. The van der Waals surface area contributed by atoms with E-state index in [1.54, 1.807) is 23.3 Å². The SMILES string of the molecule is Cc1cc2nc(Cn3cc(-c4cncc(-n5cccc5)c4)nn3)cn2cc1C=O. The van der Waals surface area contributed by atoms with Gasteiger partial charge in [-0.25, -0.2) is 9.67 Å². The Kier molecular flexibility index (Phi) is 4.02. The number of hydrogen-bond donors (Lipinski definition) is 0. The lowest BCUT2D eigenvalue weighted by molar-refractivity contribution is 0.112. The van der Waals surface area contributed by atoms with Crippen molar-refractivity contribution in [3.63, 3.8) is 0 Å². The Hall–Kier alpha value is -4.07. The molecular weight excluding hydrogens is 366 g/mol. The molecule has 0 fully saturated rings. The van der Waals surface area contributed by atoms with Crippen molar-refractivity contribution in [2.45, 2.75) is 13.5 Å². The van der Waals surface area contributed by atoms with Crippen molar-refractivity contribution in [2.75, 3.05) is 0 Å². The van der Waals surface area contributed by atoms with E-state index < -0.39 is 0 Å². The van der Waals surface area contributed by atoms with Crippen LogP contribution in [0.3, 0.4) is 0 Å². The van der Waals surface area contributed by atoms with Crippen molar-refractivity contribution in [1.29, 1.82) is 0 Å². The zero-order valence-corrected chi connectivity index (χ0v) is 15.7. The second kappa shape index (κ2) is 6.83. The van der Waals surface area contributed by atoms with Gasteiger partial charge in [-0.05, 0) is 36.8 Å². The summed E-state index contributed by atoms with van der Waals surface area (Å²) in [5.74, 6) is 0. The number of imidazole rings is 1. The van der Waals surface area contributed by atoms with Crippen molar-refractivity contribution in [2.24, 2.45) is 0 Å². The fourth-order valence-electron chi connectivity index (χ4n) is 3.29. The fraction of sp³-hybridized carbons (Fsp3) is 0.0952. The van der Waals surface area contributed by atoms with Gasteiger partial charge in [-0.3, -0.25) is 9.78 Å². The number of fused-ring (bicyclic) bond motifs is 1. The van der Waals surface area contributed by atoms with Crippen molar-refractivity contribution in [1.82, 2.24) is 33.9 Å². The van der Waals surface area contributed by atoms with Crippen molar-refractivity contribution in [3.8, 4) is 16.9 Å². The van der Waals surface area contributed by atoms with E-state index in [-0.39, 0.29) is 0 Å². The van der Waals surface area contributed by atoms with Gasteiger partial charge in [0.05, 0.1) is 30.3 Å². The smallest absolute Gasteiger partial charge is 0.151 e. The van der Waals surface area contributed by atoms with E-state index in [9.17, 15) is 4.79 Å². The maximum Gasteiger partial charge on any atom is 0.151 e. The monoisotopic (exact) mass is 383 g/mol. The number of aldehydes is 1. The molecule has 0 amide bonds. The first-order valence-electron chi connectivity index (χ1n) is 9.12. The summed E-state index contributed by atoms with van der Waals surface area (Å²) < 4.78 is 5.59. The molecular formula is C21H17N7O. The third-order valence-electron chi connectivity index (χ3n) is 4.80. The number of aryl methyl sites for hydroxylation is 1. The van der Waals surface area contributed by atoms with Gasteiger partial charge < -0.3 is 8.97 Å². The van der Waals surface area contributed by atoms with Crippen molar-refractivity contribution < 1.29 is 4.79 Å². The predicted molar refractivity (Wildman–Crippen MR) is 107 cm³/mol. The second-order valence-corrected chi connectivity index (χ2v) is 6.85. The number of nitrogens with zero attached hydrogens (tertiary/aromatic N) is 7. The average molecular weight is 383 g/mol. The van der Waals surface area contributed by atoms with Crippen LogP contribution in [0.5, 0.6) is 0 Å². The van der Waals surface area contributed by atoms with E-state index in [4.69, 9.17) is 0 Å². The van der Waals surface area contributed by atoms with Gasteiger partial charge >= 0.3 is 0 Å². The Bertz CT molecular complexity index is 1310. The van der Waals surface area contributed by atoms with Crippen LogP contribution in [0.2, 0.25) is 0 Å². The number of hydrogen-bond acceptors (Lipinski definition) is 5. The molecule has 0 radical (unpaired) electrons. The Morgan fingerprint density at radius 1 is 1.07 bits per heavy atom. The van der Waals surface area contributed by atoms with E-state index in [0.29, 0.717) is 12.1 Å². The summed E-state index contributed by atoms with van der Waals surface area (Å²) in [6, 6.07) is 7.86. The molecule has 0 aromatic carbocycles. The topological polar surface area (TPSA) is 82.9 Å². The lowest BCUT2D eigenvalue weighted by Gasteiger charge is -2.03. The average Bonchev–Trinajstić information content (AvgIpc) is 3.48. The van der Waals surface area contributed by atoms with Gasteiger partial charge in [0, 0.05) is 42.1 Å². The van der Waals surface area contributed by atoms with Crippen LogP contribution in [0.1, 0.15) is 21.6 Å². The molecule has 0 bridgehead atoms. The van der Waals surface area contributed by atoms with Crippen LogP contribution >= 0.6 is 0 Å². The second-order valence-electron chi connectivity index (χ2n) is 6.85. The molecule has 0 unspecified atom stereocenters. The van der Waals surface area contributed by atoms with Gasteiger partial charge in [0.2, 0.25) is 0 Å². The fourth-order valence-corrected chi connectivity index (χ4v) is 3.29. The van der Waals surface area contributed by atoms with E-state index in [0.717, 1.165) is 40.1 Å².